The number of carbonyl (C=O) groups is 1. The predicted molar refractivity (Wildman–Crippen MR) is 90.8 cm³/mol. The number of fused-ring (bicyclic) bond motifs is 1. The third-order valence-electron chi connectivity index (χ3n) is 7.01. The minimum atomic E-state index is -0.142. The summed E-state index contributed by atoms with van der Waals surface area (Å²) >= 11 is 0. The number of hydrogen-bond donors (Lipinski definition) is 1. The monoisotopic (exact) mass is 318 g/mol. The van der Waals surface area contributed by atoms with Gasteiger partial charge in [0, 0.05) is 12.2 Å². The Morgan fingerprint density at radius 1 is 1.39 bits per heavy atom. The van der Waals surface area contributed by atoms with Crippen LogP contribution in [0.2, 0.25) is 0 Å². The normalized spacial score (nSPS) is 40.6. The van der Waals surface area contributed by atoms with Crippen molar-refractivity contribution in [2.75, 3.05) is 13.2 Å². The summed E-state index contributed by atoms with van der Waals surface area (Å²) in [5.74, 6) is 0.854. The molecule has 4 atom stereocenters. The quantitative estimate of drug-likeness (QED) is 0.629. The van der Waals surface area contributed by atoms with Crippen LogP contribution in [0.15, 0.2) is 23.8 Å². The minimum absolute atomic E-state index is 0.0392. The van der Waals surface area contributed by atoms with Crippen LogP contribution in [0.1, 0.15) is 58.8 Å². The molecule has 1 heterocycles. The van der Waals surface area contributed by atoms with Gasteiger partial charge in [-0.3, -0.25) is 0 Å². The van der Waals surface area contributed by atoms with Crippen molar-refractivity contribution < 1.29 is 14.6 Å². The van der Waals surface area contributed by atoms with E-state index in [4.69, 9.17) is 4.74 Å². The number of allylic oxidation sites excluding steroid dienone is 1. The van der Waals surface area contributed by atoms with Crippen LogP contribution in [0.5, 0.6) is 0 Å². The van der Waals surface area contributed by atoms with E-state index in [2.05, 4.69) is 20.4 Å². The summed E-state index contributed by atoms with van der Waals surface area (Å²) in [5.41, 5.74) is 2.42. The summed E-state index contributed by atoms with van der Waals surface area (Å²) in [6.07, 6.45) is 9.42. The largest absolute Gasteiger partial charge is 0.458 e. The summed E-state index contributed by atoms with van der Waals surface area (Å²) in [6.45, 7) is 9.75. The molecule has 0 saturated heterocycles. The zero-order valence-corrected chi connectivity index (χ0v) is 14.6. The van der Waals surface area contributed by atoms with Crippen molar-refractivity contribution in [2.24, 2.45) is 22.7 Å². The lowest BCUT2D eigenvalue weighted by Crippen LogP contribution is -2.51. The van der Waals surface area contributed by atoms with Crippen LogP contribution in [0.4, 0.5) is 0 Å². The van der Waals surface area contributed by atoms with E-state index in [0.717, 1.165) is 37.7 Å². The van der Waals surface area contributed by atoms with Crippen LogP contribution in [-0.2, 0) is 9.53 Å². The van der Waals surface area contributed by atoms with Gasteiger partial charge in [-0.15, -0.1) is 0 Å². The van der Waals surface area contributed by atoms with Gasteiger partial charge in [0.15, 0.2) is 0 Å². The average molecular weight is 318 g/mol. The molecule has 1 aliphatic heterocycles. The lowest BCUT2D eigenvalue weighted by molar-refractivity contribution is -0.136. The van der Waals surface area contributed by atoms with E-state index in [1.807, 2.05) is 6.08 Å². The van der Waals surface area contributed by atoms with Gasteiger partial charge in [-0.1, -0.05) is 32.4 Å². The third kappa shape index (κ3) is 2.77. The fraction of sp³-hybridized carbons (Fsp3) is 0.750. The molecule has 0 bridgehead atoms. The van der Waals surface area contributed by atoms with Crippen molar-refractivity contribution >= 4 is 5.97 Å². The van der Waals surface area contributed by atoms with Crippen molar-refractivity contribution in [3.63, 3.8) is 0 Å². The van der Waals surface area contributed by atoms with E-state index < -0.39 is 0 Å². The molecule has 0 spiro atoms. The molecule has 0 unspecified atom stereocenters. The predicted octanol–water partition coefficient (Wildman–Crippen LogP) is 4.02. The fourth-order valence-electron chi connectivity index (χ4n) is 5.70. The Kier molecular flexibility index (Phi) is 4.43. The smallest absolute Gasteiger partial charge is 0.334 e. The number of aliphatic hydroxyl groups is 1. The lowest BCUT2D eigenvalue weighted by atomic mass is 9.47. The topological polar surface area (TPSA) is 46.5 Å². The van der Waals surface area contributed by atoms with Gasteiger partial charge in [-0.2, -0.15) is 0 Å². The highest BCUT2D eigenvalue weighted by Gasteiger charge is 2.54. The van der Waals surface area contributed by atoms with Crippen LogP contribution in [-0.4, -0.2) is 24.3 Å². The highest BCUT2D eigenvalue weighted by molar-refractivity contribution is 5.90. The lowest BCUT2D eigenvalue weighted by Gasteiger charge is -2.58. The Morgan fingerprint density at radius 3 is 2.83 bits per heavy atom. The first kappa shape index (κ1) is 16.8. The first-order chi connectivity index (χ1) is 10.9. The van der Waals surface area contributed by atoms with E-state index >= 15 is 0 Å². The van der Waals surface area contributed by atoms with Gasteiger partial charge in [-0.05, 0) is 67.3 Å². The molecule has 0 aromatic heterocycles. The number of cyclic esters (lactones) is 1. The molecule has 3 nitrogen and oxygen atoms in total. The Morgan fingerprint density at radius 2 is 2.17 bits per heavy atom. The molecular weight excluding hydrogens is 288 g/mol. The van der Waals surface area contributed by atoms with Gasteiger partial charge in [-0.25, -0.2) is 4.79 Å². The highest BCUT2D eigenvalue weighted by Crippen LogP contribution is 2.61. The van der Waals surface area contributed by atoms with Crippen LogP contribution >= 0.6 is 0 Å². The molecule has 23 heavy (non-hydrogen) atoms. The number of ether oxygens (including phenoxy) is 1. The SMILES string of the molecule is C=C1CC[C@@H]2[C@](C)(CO)CCC[C@@]2(C)[C@@H]1CCC1=CCOC1=O. The summed E-state index contributed by atoms with van der Waals surface area (Å²) < 4.78 is 5.03. The summed E-state index contributed by atoms with van der Waals surface area (Å²) in [6, 6.07) is 0. The maximum absolute atomic E-state index is 11.7. The summed E-state index contributed by atoms with van der Waals surface area (Å²) in [5, 5.41) is 10.0. The Balaban J connectivity index is 1.80. The van der Waals surface area contributed by atoms with Gasteiger partial charge in [0.05, 0.1) is 0 Å². The van der Waals surface area contributed by atoms with Crippen molar-refractivity contribution in [3.05, 3.63) is 23.8 Å². The zero-order chi connectivity index (χ0) is 16.7. The van der Waals surface area contributed by atoms with Crippen LogP contribution in [0, 0.1) is 22.7 Å². The maximum Gasteiger partial charge on any atom is 0.334 e. The molecule has 2 saturated carbocycles. The zero-order valence-electron chi connectivity index (χ0n) is 14.6. The second-order valence-electron chi connectivity index (χ2n) is 8.34. The van der Waals surface area contributed by atoms with E-state index in [1.165, 1.54) is 18.4 Å². The molecule has 3 heteroatoms. The third-order valence-corrected chi connectivity index (χ3v) is 7.01. The Bertz CT molecular complexity index is 535. The molecule has 0 aromatic carbocycles. The van der Waals surface area contributed by atoms with E-state index in [9.17, 15) is 9.90 Å². The maximum atomic E-state index is 11.7. The molecule has 2 aliphatic carbocycles. The van der Waals surface area contributed by atoms with Crippen molar-refractivity contribution in [3.8, 4) is 0 Å². The standard InChI is InChI=1S/C20H30O3/c1-14-5-8-17-19(2,13-21)10-4-11-20(17,3)16(14)7-6-15-9-12-23-18(15)22/h9,16-17,21H,1,4-8,10-13H2,2-3H3/t16-,17-,19+,20+/m1/s1. The van der Waals surface area contributed by atoms with Crippen molar-refractivity contribution in [2.45, 2.75) is 58.8 Å². The molecule has 128 valence electrons. The second kappa shape index (κ2) is 6.08. The number of aliphatic hydroxyl groups excluding tert-OH is 1. The second-order valence-corrected chi connectivity index (χ2v) is 8.34. The molecule has 0 aromatic rings. The average Bonchev–Trinajstić information content (AvgIpc) is 2.91. The molecule has 3 aliphatic rings. The van der Waals surface area contributed by atoms with Gasteiger partial charge in [0.2, 0.25) is 0 Å². The van der Waals surface area contributed by atoms with Crippen LogP contribution in [0.25, 0.3) is 0 Å². The molecule has 3 rings (SSSR count). The van der Waals surface area contributed by atoms with Gasteiger partial charge in [0.1, 0.15) is 6.61 Å². The minimum Gasteiger partial charge on any atom is -0.458 e. The van der Waals surface area contributed by atoms with Crippen LogP contribution in [0.3, 0.4) is 0 Å². The number of rotatable bonds is 4. The molecule has 2 fully saturated rings. The van der Waals surface area contributed by atoms with Gasteiger partial charge in [0.25, 0.3) is 0 Å². The first-order valence-corrected chi connectivity index (χ1v) is 9.05. The van der Waals surface area contributed by atoms with E-state index in [0.29, 0.717) is 18.4 Å². The molecular formula is C20H30O3. The number of hydrogen-bond acceptors (Lipinski definition) is 3. The highest BCUT2D eigenvalue weighted by atomic mass is 16.5. The number of esters is 1. The van der Waals surface area contributed by atoms with Crippen LogP contribution < -0.4 is 0 Å². The van der Waals surface area contributed by atoms with Gasteiger partial charge >= 0.3 is 5.97 Å². The Labute approximate surface area is 139 Å². The summed E-state index contributed by atoms with van der Waals surface area (Å²) in [4.78, 5) is 11.7. The molecule has 0 radical (unpaired) electrons. The summed E-state index contributed by atoms with van der Waals surface area (Å²) in [7, 11) is 0. The van der Waals surface area contributed by atoms with Crippen molar-refractivity contribution in [1.29, 1.82) is 0 Å². The van der Waals surface area contributed by atoms with Crippen molar-refractivity contribution in [1.82, 2.24) is 0 Å². The first-order valence-electron chi connectivity index (χ1n) is 9.05. The molecule has 1 N–H and O–H groups in total. The van der Waals surface area contributed by atoms with Gasteiger partial charge < -0.3 is 9.84 Å². The number of carbonyl (C=O) groups excluding carboxylic acids is 1. The fourth-order valence-corrected chi connectivity index (χ4v) is 5.70. The Hall–Kier alpha value is -1.09. The van der Waals surface area contributed by atoms with E-state index in [-0.39, 0.29) is 23.4 Å². The molecule has 0 amide bonds. The van der Waals surface area contributed by atoms with E-state index in [1.54, 1.807) is 0 Å².